The summed E-state index contributed by atoms with van der Waals surface area (Å²) in [6, 6.07) is 12.7. The first-order valence-corrected chi connectivity index (χ1v) is 7.46. The Balaban J connectivity index is 1.68. The molecule has 7 heteroatoms. The lowest BCUT2D eigenvalue weighted by Crippen LogP contribution is -2.17. The fraction of sp³-hybridized carbons (Fsp3) is 0.167. The maximum Gasteiger partial charge on any atom is 0.573 e. The molecule has 0 aliphatic carbocycles. The molecular weight excluding hydrogens is 333 g/mol. The minimum absolute atomic E-state index is 0.0944. The number of hydrogen-bond donors (Lipinski definition) is 0. The Morgan fingerprint density at radius 2 is 1.72 bits per heavy atom. The Hall–Kier alpha value is -2.96. The minimum Gasteiger partial charge on any atom is -0.406 e. The number of aromatic nitrogens is 2. The van der Waals surface area contributed by atoms with Gasteiger partial charge in [-0.2, -0.15) is 10.2 Å². The van der Waals surface area contributed by atoms with Gasteiger partial charge in [-0.05, 0) is 17.7 Å². The van der Waals surface area contributed by atoms with E-state index in [0.717, 1.165) is 10.8 Å². The number of Topliss-reactive ketones (excluding diaryl/α,β-unsaturated/α-hetero) is 1. The first kappa shape index (κ1) is 16.9. The van der Waals surface area contributed by atoms with Crippen LogP contribution < -0.4 is 4.74 Å². The van der Waals surface area contributed by atoms with E-state index in [0.29, 0.717) is 11.3 Å². The van der Waals surface area contributed by atoms with Gasteiger partial charge in [-0.3, -0.25) is 4.79 Å². The summed E-state index contributed by atoms with van der Waals surface area (Å²) in [5, 5.41) is 9.68. The zero-order chi connectivity index (χ0) is 17.9. The third-order valence-corrected chi connectivity index (χ3v) is 3.57. The summed E-state index contributed by atoms with van der Waals surface area (Å²) in [6.07, 6.45) is -2.90. The van der Waals surface area contributed by atoms with Gasteiger partial charge in [0, 0.05) is 17.2 Å². The van der Waals surface area contributed by atoms with Crippen molar-refractivity contribution in [1.29, 1.82) is 0 Å². The van der Waals surface area contributed by atoms with Crippen molar-refractivity contribution in [2.75, 3.05) is 0 Å². The summed E-state index contributed by atoms with van der Waals surface area (Å²) in [7, 11) is 0. The lowest BCUT2D eigenvalue weighted by atomic mass is 10.0. The maximum atomic E-state index is 12.3. The Morgan fingerprint density at radius 3 is 2.44 bits per heavy atom. The first-order valence-electron chi connectivity index (χ1n) is 7.46. The smallest absolute Gasteiger partial charge is 0.406 e. The third kappa shape index (κ3) is 4.53. The molecule has 0 amide bonds. The molecule has 0 saturated heterocycles. The largest absolute Gasteiger partial charge is 0.573 e. The van der Waals surface area contributed by atoms with E-state index in [-0.39, 0.29) is 24.4 Å². The molecule has 0 aliphatic rings. The predicted octanol–water partition coefficient (Wildman–Crippen LogP) is 3.88. The molecule has 25 heavy (non-hydrogen) atoms. The highest BCUT2D eigenvalue weighted by atomic mass is 19.4. The highest BCUT2D eigenvalue weighted by molar-refractivity contribution is 5.89. The van der Waals surface area contributed by atoms with Crippen LogP contribution in [0.25, 0.3) is 10.8 Å². The first-order chi connectivity index (χ1) is 11.9. The van der Waals surface area contributed by atoms with Crippen LogP contribution in [-0.4, -0.2) is 22.3 Å². The van der Waals surface area contributed by atoms with Crippen molar-refractivity contribution in [2.24, 2.45) is 0 Å². The highest BCUT2D eigenvalue weighted by Gasteiger charge is 2.30. The van der Waals surface area contributed by atoms with Crippen LogP contribution in [0.4, 0.5) is 13.2 Å². The van der Waals surface area contributed by atoms with Gasteiger partial charge in [-0.25, -0.2) is 0 Å². The second kappa shape index (κ2) is 6.88. The Kier molecular flexibility index (Phi) is 4.65. The average molecular weight is 346 g/mol. The number of benzene rings is 2. The van der Waals surface area contributed by atoms with Gasteiger partial charge in [0.05, 0.1) is 18.3 Å². The van der Waals surface area contributed by atoms with E-state index >= 15 is 0 Å². The molecule has 0 saturated carbocycles. The van der Waals surface area contributed by atoms with Crippen LogP contribution in [0.1, 0.15) is 11.3 Å². The minimum atomic E-state index is -4.73. The summed E-state index contributed by atoms with van der Waals surface area (Å²) in [5.41, 5.74) is 1.19. The average Bonchev–Trinajstić information content (AvgIpc) is 2.56. The maximum absolute atomic E-state index is 12.3. The number of ether oxygens (including phenoxy) is 1. The quantitative estimate of drug-likeness (QED) is 0.703. The summed E-state index contributed by atoms with van der Waals surface area (Å²) in [6.45, 7) is 0. The molecule has 0 spiro atoms. The molecule has 0 bridgehead atoms. The molecule has 0 fully saturated rings. The van der Waals surface area contributed by atoms with Gasteiger partial charge in [0.15, 0.2) is 0 Å². The molecule has 0 N–H and O–H groups in total. The molecule has 2 aromatic carbocycles. The van der Waals surface area contributed by atoms with Gasteiger partial charge < -0.3 is 4.74 Å². The van der Waals surface area contributed by atoms with Crippen LogP contribution in [-0.2, 0) is 17.6 Å². The molecule has 1 aromatic heterocycles. The number of rotatable bonds is 5. The van der Waals surface area contributed by atoms with Crippen molar-refractivity contribution in [3.05, 3.63) is 66.0 Å². The van der Waals surface area contributed by atoms with E-state index in [1.807, 2.05) is 24.3 Å². The SMILES string of the molecule is O=C(Cc1ccc(OC(F)(F)F)cc1)Cc1nncc2ccccc12. The molecule has 1 heterocycles. The molecule has 3 rings (SSSR count). The lowest BCUT2D eigenvalue weighted by molar-refractivity contribution is -0.274. The van der Waals surface area contributed by atoms with E-state index in [2.05, 4.69) is 14.9 Å². The highest BCUT2D eigenvalue weighted by Crippen LogP contribution is 2.23. The lowest BCUT2D eigenvalue weighted by Gasteiger charge is -2.09. The Morgan fingerprint density at radius 1 is 1.00 bits per heavy atom. The van der Waals surface area contributed by atoms with E-state index in [4.69, 9.17) is 0 Å². The number of ketones is 1. The van der Waals surface area contributed by atoms with Crippen molar-refractivity contribution in [3.8, 4) is 5.75 Å². The number of fused-ring (bicyclic) bond motifs is 1. The van der Waals surface area contributed by atoms with Gasteiger partial charge in [0.2, 0.25) is 0 Å². The number of halogens is 3. The fourth-order valence-corrected chi connectivity index (χ4v) is 2.50. The summed E-state index contributed by atoms with van der Waals surface area (Å²) in [4.78, 5) is 12.3. The van der Waals surface area contributed by atoms with Gasteiger partial charge >= 0.3 is 6.36 Å². The Bertz CT molecular complexity index is 887. The van der Waals surface area contributed by atoms with Crippen molar-refractivity contribution in [3.63, 3.8) is 0 Å². The normalized spacial score (nSPS) is 11.5. The summed E-state index contributed by atoms with van der Waals surface area (Å²) >= 11 is 0. The van der Waals surface area contributed by atoms with Crippen molar-refractivity contribution in [1.82, 2.24) is 10.2 Å². The molecule has 128 valence electrons. The van der Waals surface area contributed by atoms with Crippen LogP contribution in [0, 0.1) is 0 Å². The zero-order valence-corrected chi connectivity index (χ0v) is 13.0. The number of carbonyl (C=O) groups excluding carboxylic acids is 1. The van der Waals surface area contributed by atoms with Gasteiger partial charge in [0.25, 0.3) is 0 Å². The van der Waals surface area contributed by atoms with Crippen molar-refractivity contribution in [2.45, 2.75) is 19.2 Å². The molecule has 0 aliphatic heterocycles. The molecular formula is C18H13F3N2O2. The summed E-state index contributed by atoms with van der Waals surface area (Å²) in [5.74, 6) is -0.418. The standard InChI is InChI=1S/C18H13F3N2O2/c19-18(20,21)25-15-7-5-12(6-8-15)9-14(24)10-17-16-4-2-1-3-13(16)11-22-23-17/h1-8,11H,9-10H2. The number of alkyl halides is 3. The van der Waals surface area contributed by atoms with E-state index in [1.54, 1.807) is 6.20 Å². The monoisotopic (exact) mass is 346 g/mol. The van der Waals surface area contributed by atoms with Crippen LogP contribution in [0.15, 0.2) is 54.7 Å². The van der Waals surface area contributed by atoms with E-state index in [1.165, 1.54) is 24.3 Å². The molecule has 4 nitrogen and oxygen atoms in total. The molecule has 3 aromatic rings. The third-order valence-electron chi connectivity index (χ3n) is 3.57. The fourth-order valence-electron chi connectivity index (χ4n) is 2.50. The van der Waals surface area contributed by atoms with Crippen molar-refractivity contribution >= 4 is 16.6 Å². The van der Waals surface area contributed by atoms with E-state index in [9.17, 15) is 18.0 Å². The Labute approximate surface area is 141 Å². The van der Waals surface area contributed by atoms with Gasteiger partial charge in [0.1, 0.15) is 11.5 Å². The van der Waals surface area contributed by atoms with Crippen molar-refractivity contribution < 1.29 is 22.7 Å². The predicted molar refractivity (Wildman–Crippen MR) is 85.1 cm³/mol. The molecule has 0 atom stereocenters. The topological polar surface area (TPSA) is 52.1 Å². The zero-order valence-electron chi connectivity index (χ0n) is 13.0. The molecule has 0 unspecified atom stereocenters. The number of nitrogens with zero attached hydrogens (tertiary/aromatic N) is 2. The van der Waals surface area contributed by atoms with E-state index < -0.39 is 6.36 Å². The van der Waals surface area contributed by atoms with Crippen LogP contribution in [0.5, 0.6) is 5.75 Å². The van der Waals surface area contributed by atoms with Crippen LogP contribution in [0.3, 0.4) is 0 Å². The van der Waals surface area contributed by atoms with Gasteiger partial charge in [-0.15, -0.1) is 13.2 Å². The molecule has 0 radical (unpaired) electrons. The second-order valence-electron chi connectivity index (χ2n) is 5.46. The van der Waals surface area contributed by atoms with Crippen LogP contribution in [0.2, 0.25) is 0 Å². The number of carbonyl (C=O) groups is 1. The van der Waals surface area contributed by atoms with Gasteiger partial charge in [-0.1, -0.05) is 36.4 Å². The number of hydrogen-bond acceptors (Lipinski definition) is 4. The summed E-state index contributed by atoms with van der Waals surface area (Å²) < 4.78 is 40.2. The second-order valence-corrected chi connectivity index (χ2v) is 5.46. The van der Waals surface area contributed by atoms with Crippen LogP contribution >= 0.6 is 0 Å².